The summed E-state index contributed by atoms with van der Waals surface area (Å²) in [5.74, 6) is 0.794. The highest BCUT2D eigenvalue weighted by atomic mass is 32.1. The Balaban J connectivity index is 1.37. The maximum Gasteiger partial charge on any atom is 0.178 e. The molecular weight excluding hydrogens is 384 g/mol. The molecule has 0 saturated carbocycles. The Bertz CT molecular complexity index is 1040. The van der Waals surface area contributed by atoms with Crippen molar-refractivity contribution in [2.45, 2.75) is 12.6 Å². The maximum absolute atomic E-state index is 6.04. The molecule has 2 aromatic heterocycles. The van der Waals surface area contributed by atoms with Crippen LogP contribution in [0, 0.1) is 0 Å². The summed E-state index contributed by atoms with van der Waals surface area (Å²) >= 11 is 1.63. The third-order valence-electron chi connectivity index (χ3n) is 4.77. The van der Waals surface area contributed by atoms with Crippen molar-refractivity contribution in [2.24, 2.45) is 0 Å². The molecule has 0 aliphatic rings. The Hall–Kier alpha value is -2.67. The van der Waals surface area contributed by atoms with Gasteiger partial charge in [0.15, 0.2) is 5.58 Å². The number of hydrogen-bond acceptors (Lipinski definition) is 6. The third kappa shape index (κ3) is 4.85. The standard InChI is InChI=1S/C23H24N2O3S/c1-25(14-17-7-4-3-5-8-17)15-20(26-2)16-27-19-10-6-9-18(13-19)22-23-21(28-24-22)11-12-29-23/h3-13,20H,14-16H2,1-2H3/t20-/m1/s1. The van der Waals surface area contributed by atoms with Crippen LogP contribution in [0.5, 0.6) is 5.75 Å². The van der Waals surface area contributed by atoms with E-state index in [1.165, 1.54) is 5.56 Å². The van der Waals surface area contributed by atoms with Crippen LogP contribution >= 0.6 is 11.3 Å². The lowest BCUT2D eigenvalue weighted by molar-refractivity contribution is 0.0336. The second kappa shape index (κ2) is 9.22. The molecule has 0 bridgehead atoms. The van der Waals surface area contributed by atoms with E-state index >= 15 is 0 Å². The molecule has 0 fully saturated rings. The number of nitrogens with zero attached hydrogens (tertiary/aromatic N) is 2. The number of likely N-dealkylation sites (N-methyl/N-ethyl adjacent to an activating group) is 1. The Morgan fingerprint density at radius 3 is 2.79 bits per heavy atom. The van der Waals surface area contributed by atoms with Gasteiger partial charge in [0.1, 0.15) is 28.9 Å². The first kappa shape index (κ1) is 19.6. The molecule has 150 valence electrons. The fourth-order valence-corrected chi connectivity index (χ4v) is 4.10. The van der Waals surface area contributed by atoms with Crippen molar-refractivity contribution >= 4 is 21.6 Å². The van der Waals surface area contributed by atoms with E-state index in [9.17, 15) is 0 Å². The van der Waals surface area contributed by atoms with E-state index < -0.39 is 0 Å². The van der Waals surface area contributed by atoms with Crippen LogP contribution in [0.1, 0.15) is 5.56 Å². The number of fused-ring (bicyclic) bond motifs is 1. The van der Waals surface area contributed by atoms with Gasteiger partial charge in [-0.15, -0.1) is 11.3 Å². The average molecular weight is 409 g/mol. The second-order valence-electron chi connectivity index (χ2n) is 7.02. The molecular formula is C23H24N2O3S. The summed E-state index contributed by atoms with van der Waals surface area (Å²) in [5.41, 5.74) is 3.94. The molecule has 4 aromatic rings. The Labute approximate surface area is 174 Å². The van der Waals surface area contributed by atoms with Crippen molar-refractivity contribution in [3.05, 3.63) is 71.6 Å². The van der Waals surface area contributed by atoms with Gasteiger partial charge in [0, 0.05) is 25.8 Å². The van der Waals surface area contributed by atoms with Crippen molar-refractivity contribution in [3.8, 4) is 17.0 Å². The fraction of sp³-hybridized carbons (Fsp3) is 0.261. The van der Waals surface area contributed by atoms with Gasteiger partial charge in [0.25, 0.3) is 0 Å². The summed E-state index contributed by atoms with van der Waals surface area (Å²) in [7, 11) is 3.82. The largest absolute Gasteiger partial charge is 0.491 e. The lowest BCUT2D eigenvalue weighted by Crippen LogP contribution is -2.34. The van der Waals surface area contributed by atoms with Crippen molar-refractivity contribution in [2.75, 3.05) is 27.3 Å². The monoisotopic (exact) mass is 408 g/mol. The number of thiophene rings is 1. The fourth-order valence-electron chi connectivity index (χ4n) is 3.29. The molecule has 0 unspecified atom stereocenters. The summed E-state index contributed by atoms with van der Waals surface area (Å²) in [6.07, 6.45) is -0.0246. The van der Waals surface area contributed by atoms with Crippen molar-refractivity contribution < 1.29 is 14.0 Å². The first-order valence-electron chi connectivity index (χ1n) is 9.54. The van der Waals surface area contributed by atoms with Crippen LogP contribution in [0.2, 0.25) is 0 Å². The van der Waals surface area contributed by atoms with E-state index in [1.807, 2.05) is 41.8 Å². The van der Waals surface area contributed by atoms with E-state index in [1.54, 1.807) is 18.4 Å². The van der Waals surface area contributed by atoms with E-state index in [0.29, 0.717) is 6.61 Å². The highest BCUT2D eigenvalue weighted by Gasteiger charge is 2.14. The molecule has 0 radical (unpaired) electrons. The molecule has 2 aromatic carbocycles. The van der Waals surface area contributed by atoms with Crippen LogP contribution in [0.15, 0.2) is 70.6 Å². The molecule has 0 saturated heterocycles. The van der Waals surface area contributed by atoms with Gasteiger partial charge in [-0.1, -0.05) is 47.6 Å². The Kier molecular flexibility index (Phi) is 6.24. The molecule has 0 N–H and O–H groups in total. The number of ether oxygens (including phenoxy) is 2. The van der Waals surface area contributed by atoms with Crippen LogP contribution in [0.25, 0.3) is 21.5 Å². The normalized spacial score (nSPS) is 12.5. The zero-order chi connectivity index (χ0) is 20.1. The minimum absolute atomic E-state index is 0.0246. The lowest BCUT2D eigenvalue weighted by atomic mass is 10.1. The first-order valence-corrected chi connectivity index (χ1v) is 10.4. The van der Waals surface area contributed by atoms with Gasteiger partial charge in [0.2, 0.25) is 0 Å². The van der Waals surface area contributed by atoms with Crippen LogP contribution in [0.3, 0.4) is 0 Å². The number of benzene rings is 2. The van der Waals surface area contributed by atoms with Crippen molar-refractivity contribution in [1.82, 2.24) is 10.1 Å². The number of rotatable bonds is 9. The quantitative estimate of drug-likeness (QED) is 0.386. The molecule has 0 amide bonds. The van der Waals surface area contributed by atoms with E-state index in [0.717, 1.165) is 40.4 Å². The van der Waals surface area contributed by atoms with Gasteiger partial charge in [-0.2, -0.15) is 0 Å². The molecule has 4 rings (SSSR count). The molecule has 0 spiro atoms. The zero-order valence-electron chi connectivity index (χ0n) is 16.6. The van der Waals surface area contributed by atoms with Crippen LogP contribution in [-0.2, 0) is 11.3 Å². The number of aromatic nitrogens is 1. The van der Waals surface area contributed by atoms with E-state index in [4.69, 9.17) is 14.0 Å². The van der Waals surface area contributed by atoms with Gasteiger partial charge >= 0.3 is 0 Å². The van der Waals surface area contributed by atoms with Crippen LogP contribution < -0.4 is 4.74 Å². The summed E-state index contributed by atoms with van der Waals surface area (Å²) in [6.45, 7) is 2.13. The minimum Gasteiger partial charge on any atom is -0.491 e. The summed E-state index contributed by atoms with van der Waals surface area (Å²) < 4.78 is 18.1. The first-order chi connectivity index (χ1) is 14.2. The predicted octanol–water partition coefficient (Wildman–Crippen LogP) is 5.08. The Morgan fingerprint density at radius 1 is 1.10 bits per heavy atom. The molecule has 1 atom stereocenters. The van der Waals surface area contributed by atoms with Gasteiger partial charge in [-0.05, 0) is 36.2 Å². The highest BCUT2D eigenvalue weighted by molar-refractivity contribution is 7.17. The van der Waals surface area contributed by atoms with Crippen LogP contribution in [0.4, 0.5) is 0 Å². The van der Waals surface area contributed by atoms with Crippen molar-refractivity contribution in [1.29, 1.82) is 0 Å². The second-order valence-corrected chi connectivity index (χ2v) is 7.94. The van der Waals surface area contributed by atoms with E-state index in [-0.39, 0.29) is 6.10 Å². The Morgan fingerprint density at radius 2 is 1.97 bits per heavy atom. The number of methoxy groups -OCH3 is 1. The lowest BCUT2D eigenvalue weighted by Gasteiger charge is -2.23. The summed E-state index contributed by atoms with van der Waals surface area (Å²) in [5, 5.41) is 6.21. The third-order valence-corrected chi connectivity index (χ3v) is 5.67. The average Bonchev–Trinajstić information content (AvgIpc) is 3.36. The predicted molar refractivity (Wildman–Crippen MR) is 116 cm³/mol. The summed E-state index contributed by atoms with van der Waals surface area (Å²) in [6, 6.07) is 20.3. The van der Waals surface area contributed by atoms with Crippen LogP contribution in [-0.4, -0.2) is 43.5 Å². The van der Waals surface area contributed by atoms with Gasteiger partial charge in [-0.25, -0.2) is 0 Å². The molecule has 6 heteroatoms. The highest BCUT2D eigenvalue weighted by Crippen LogP contribution is 2.33. The van der Waals surface area contributed by atoms with Gasteiger partial charge in [0.05, 0.1) is 0 Å². The molecule has 0 aliphatic heterocycles. The molecule has 29 heavy (non-hydrogen) atoms. The number of hydrogen-bond donors (Lipinski definition) is 0. The molecule has 5 nitrogen and oxygen atoms in total. The van der Waals surface area contributed by atoms with Gasteiger partial charge in [-0.3, -0.25) is 4.90 Å². The smallest absolute Gasteiger partial charge is 0.178 e. The van der Waals surface area contributed by atoms with Gasteiger partial charge < -0.3 is 14.0 Å². The molecule has 2 heterocycles. The topological polar surface area (TPSA) is 47.7 Å². The maximum atomic E-state index is 6.04. The summed E-state index contributed by atoms with van der Waals surface area (Å²) in [4.78, 5) is 2.24. The zero-order valence-corrected chi connectivity index (χ0v) is 17.4. The van der Waals surface area contributed by atoms with Crippen molar-refractivity contribution in [3.63, 3.8) is 0 Å². The minimum atomic E-state index is -0.0246. The SMILES string of the molecule is CO[C@@H](COc1cccc(-c2noc3ccsc23)c1)CN(C)Cc1ccccc1. The molecule has 0 aliphatic carbocycles. The van der Waals surface area contributed by atoms with E-state index in [2.05, 4.69) is 41.4 Å².